The molecule has 0 fully saturated rings. The predicted molar refractivity (Wildman–Crippen MR) is 93.7 cm³/mol. The van der Waals surface area contributed by atoms with Gasteiger partial charge in [0.1, 0.15) is 5.75 Å². The van der Waals surface area contributed by atoms with Crippen LogP contribution in [0.1, 0.15) is 24.2 Å². The highest BCUT2D eigenvalue weighted by molar-refractivity contribution is 6.34. The third-order valence-electron chi connectivity index (χ3n) is 3.92. The van der Waals surface area contributed by atoms with Crippen LogP contribution in [0.25, 0.3) is 10.8 Å². The van der Waals surface area contributed by atoms with Gasteiger partial charge in [-0.15, -0.1) is 0 Å². The Morgan fingerprint density at radius 2 is 1.96 bits per heavy atom. The van der Waals surface area contributed by atoms with E-state index < -0.39 is 6.10 Å². The SMILES string of the molecule is COc1ccc(Cn2nc(Cl)c3c(C(C)O)cccc3c2=O)cc1. The van der Waals surface area contributed by atoms with Crippen molar-refractivity contribution in [3.63, 3.8) is 0 Å². The van der Waals surface area contributed by atoms with E-state index in [-0.39, 0.29) is 10.7 Å². The van der Waals surface area contributed by atoms with E-state index in [4.69, 9.17) is 16.3 Å². The molecule has 5 nitrogen and oxygen atoms in total. The van der Waals surface area contributed by atoms with Crippen LogP contribution in [0.2, 0.25) is 5.15 Å². The lowest BCUT2D eigenvalue weighted by Gasteiger charge is -2.12. The summed E-state index contributed by atoms with van der Waals surface area (Å²) in [5, 5.41) is 15.2. The van der Waals surface area contributed by atoms with Crippen molar-refractivity contribution in [3.8, 4) is 5.75 Å². The van der Waals surface area contributed by atoms with E-state index in [0.29, 0.717) is 22.9 Å². The molecule has 3 aromatic rings. The Balaban J connectivity index is 2.09. The van der Waals surface area contributed by atoms with Crippen molar-refractivity contribution in [2.24, 2.45) is 0 Å². The standard InChI is InChI=1S/C18H17ClN2O3/c1-11(22)14-4-3-5-15-16(14)17(19)20-21(18(15)23)10-12-6-8-13(24-2)9-7-12/h3-9,11,22H,10H2,1-2H3. The number of aromatic nitrogens is 2. The third kappa shape index (κ3) is 3.00. The number of hydrogen-bond acceptors (Lipinski definition) is 4. The first-order valence-corrected chi connectivity index (χ1v) is 7.89. The molecule has 1 heterocycles. The summed E-state index contributed by atoms with van der Waals surface area (Å²) in [4.78, 5) is 12.7. The van der Waals surface area contributed by atoms with Crippen LogP contribution in [0.5, 0.6) is 5.75 Å². The van der Waals surface area contributed by atoms with E-state index in [2.05, 4.69) is 5.10 Å². The first-order valence-electron chi connectivity index (χ1n) is 7.51. The van der Waals surface area contributed by atoms with Gasteiger partial charge >= 0.3 is 0 Å². The molecule has 0 saturated heterocycles. The van der Waals surface area contributed by atoms with Crippen LogP contribution >= 0.6 is 11.6 Å². The van der Waals surface area contributed by atoms with Gasteiger partial charge in [0.05, 0.1) is 25.1 Å². The van der Waals surface area contributed by atoms with Gasteiger partial charge < -0.3 is 9.84 Å². The molecule has 0 aliphatic rings. The number of aliphatic hydroxyl groups is 1. The fourth-order valence-electron chi connectivity index (χ4n) is 2.68. The molecule has 124 valence electrons. The minimum Gasteiger partial charge on any atom is -0.497 e. The number of aliphatic hydroxyl groups excluding tert-OH is 1. The largest absolute Gasteiger partial charge is 0.497 e. The molecular formula is C18H17ClN2O3. The normalized spacial score (nSPS) is 12.3. The van der Waals surface area contributed by atoms with Gasteiger partial charge in [-0.2, -0.15) is 5.10 Å². The van der Waals surface area contributed by atoms with E-state index in [1.807, 2.05) is 24.3 Å². The number of ether oxygens (including phenoxy) is 1. The highest BCUT2D eigenvalue weighted by atomic mass is 35.5. The average molecular weight is 345 g/mol. The van der Waals surface area contributed by atoms with E-state index in [9.17, 15) is 9.90 Å². The molecule has 3 rings (SSSR count). The predicted octanol–water partition coefficient (Wildman–Crippen LogP) is 3.16. The smallest absolute Gasteiger partial charge is 0.275 e. The minimum absolute atomic E-state index is 0.203. The van der Waals surface area contributed by atoms with Crippen molar-refractivity contribution in [2.45, 2.75) is 19.6 Å². The van der Waals surface area contributed by atoms with Crippen molar-refractivity contribution in [2.75, 3.05) is 7.11 Å². The van der Waals surface area contributed by atoms with E-state index in [0.717, 1.165) is 11.3 Å². The Labute approximate surface area is 144 Å². The molecule has 0 saturated carbocycles. The molecular weight excluding hydrogens is 328 g/mol. The second kappa shape index (κ2) is 6.63. The molecule has 0 spiro atoms. The highest BCUT2D eigenvalue weighted by Gasteiger charge is 2.15. The Hall–Kier alpha value is -2.37. The lowest BCUT2D eigenvalue weighted by molar-refractivity contribution is 0.201. The van der Waals surface area contributed by atoms with E-state index in [1.54, 1.807) is 32.2 Å². The van der Waals surface area contributed by atoms with Gasteiger partial charge in [0.15, 0.2) is 5.15 Å². The molecule has 1 N–H and O–H groups in total. The van der Waals surface area contributed by atoms with Crippen molar-refractivity contribution in [1.82, 2.24) is 9.78 Å². The second-order valence-corrected chi connectivity index (χ2v) is 5.91. The maximum atomic E-state index is 12.7. The number of rotatable bonds is 4. The van der Waals surface area contributed by atoms with Gasteiger partial charge in [-0.3, -0.25) is 4.79 Å². The van der Waals surface area contributed by atoms with Gasteiger partial charge in [0.25, 0.3) is 5.56 Å². The molecule has 1 unspecified atom stereocenters. The first-order chi connectivity index (χ1) is 11.5. The Morgan fingerprint density at radius 3 is 2.58 bits per heavy atom. The number of fused-ring (bicyclic) bond motifs is 1. The van der Waals surface area contributed by atoms with Gasteiger partial charge in [-0.25, -0.2) is 4.68 Å². The summed E-state index contributed by atoms with van der Waals surface area (Å²) in [6.45, 7) is 1.94. The van der Waals surface area contributed by atoms with Crippen LogP contribution in [0.4, 0.5) is 0 Å². The van der Waals surface area contributed by atoms with Crippen LogP contribution in [0, 0.1) is 0 Å². The molecule has 1 aromatic heterocycles. The molecule has 6 heteroatoms. The van der Waals surface area contributed by atoms with Crippen molar-refractivity contribution < 1.29 is 9.84 Å². The summed E-state index contributed by atoms with van der Waals surface area (Å²) in [5.74, 6) is 0.747. The monoisotopic (exact) mass is 344 g/mol. The zero-order valence-corrected chi connectivity index (χ0v) is 14.1. The molecule has 0 aliphatic heterocycles. The number of methoxy groups -OCH3 is 1. The Bertz CT molecular complexity index is 933. The maximum absolute atomic E-state index is 12.7. The zero-order valence-electron chi connectivity index (χ0n) is 13.4. The first kappa shape index (κ1) is 16.5. The summed E-state index contributed by atoms with van der Waals surface area (Å²) in [5.41, 5.74) is 1.26. The lowest BCUT2D eigenvalue weighted by atomic mass is 10.0. The minimum atomic E-state index is -0.732. The molecule has 0 bridgehead atoms. The van der Waals surface area contributed by atoms with Crippen molar-refractivity contribution >= 4 is 22.4 Å². The Kier molecular flexibility index (Phi) is 4.55. The number of hydrogen-bond donors (Lipinski definition) is 1. The lowest BCUT2D eigenvalue weighted by Crippen LogP contribution is -2.24. The summed E-state index contributed by atoms with van der Waals surface area (Å²) in [6.07, 6.45) is -0.732. The summed E-state index contributed by atoms with van der Waals surface area (Å²) in [7, 11) is 1.60. The number of nitrogens with zero attached hydrogens (tertiary/aromatic N) is 2. The topological polar surface area (TPSA) is 64.3 Å². The van der Waals surface area contributed by atoms with Crippen LogP contribution in [-0.2, 0) is 6.54 Å². The quantitative estimate of drug-likeness (QED) is 0.789. The maximum Gasteiger partial charge on any atom is 0.275 e. The van der Waals surface area contributed by atoms with Gasteiger partial charge in [0.2, 0.25) is 0 Å². The van der Waals surface area contributed by atoms with Crippen LogP contribution in [0.15, 0.2) is 47.3 Å². The van der Waals surface area contributed by atoms with E-state index in [1.165, 1.54) is 4.68 Å². The second-order valence-electron chi connectivity index (χ2n) is 5.55. The fourth-order valence-corrected chi connectivity index (χ4v) is 2.98. The molecule has 24 heavy (non-hydrogen) atoms. The summed E-state index contributed by atoms with van der Waals surface area (Å²) < 4.78 is 6.46. The van der Waals surface area contributed by atoms with Crippen molar-refractivity contribution in [1.29, 1.82) is 0 Å². The molecule has 0 radical (unpaired) electrons. The summed E-state index contributed by atoms with van der Waals surface area (Å²) in [6, 6.07) is 12.6. The number of halogens is 1. The number of benzene rings is 2. The Morgan fingerprint density at radius 1 is 1.25 bits per heavy atom. The molecule has 2 aromatic carbocycles. The highest BCUT2D eigenvalue weighted by Crippen LogP contribution is 2.27. The molecule has 0 amide bonds. The van der Waals surface area contributed by atoms with Crippen molar-refractivity contribution in [3.05, 3.63) is 69.1 Å². The van der Waals surface area contributed by atoms with Crippen LogP contribution < -0.4 is 10.3 Å². The fraction of sp³-hybridized carbons (Fsp3) is 0.222. The average Bonchev–Trinajstić information content (AvgIpc) is 2.59. The van der Waals surface area contributed by atoms with E-state index >= 15 is 0 Å². The van der Waals surface area contributed by atoms with Gasteiger partial charge in [-0.1, -0.05) is 35.9 Å². The third-order valence-corrected chi connectivity index (χ3v) is 4.18. The van der Waals surface area contributed by atoms with Crippen LogP contribution in [-0.4, -0.2) is 22.0 Å². The van der Waals surface area contributed by atoms with Gasteiger partial charge in [0, 0.05) is 5.39 Å². The molecule has 0 aliphatic carbocycles. The summed E-state index contributed by atoms with van der Waals surface area (Å²) >= 11 is 6.30. The zero-order chi connectivity index (χ0) is 17.3. The molecule has 1 atom stereocenters. The van der Waals surface area contributed by atoms with Gasteiger partial charge in [-0.05, 0) is 36.2 Å². The van der Waals surface area contributed by atoms with Crippen LogP contribution in [0.3, 0.4) is 0 Å².